The molecule has 138 valence electrons. The van der Waals surface area contributed by atoms with E-state index in [1.54, 1.807) is 4.90 Å². The van der Waals surface area contributed by atoms with E-state index < -0.39 is 5.60 Å². The Kier molecular flexibility index (Phi) is 4.86. The molecule has 2 aliphatic heterocycles. The molecule has 0 radical (unpaired) electrons. The predicted molar refractivity (Wildman–Crippen MR) is 94.7 cm³/mol. The Labute approximate surface area is 149 Å². The number of ether oxygens (including phenoxy) is 2. The second kappa shape index (κ2) is 6.78. The molecule has 1 aromatic heterocycles. The molecule has 1 amide bonds. The van der Waals surface area contributed by atoms with Gasteiger partial charge in [0.25, 0.3) is 0 Å². The lowest BCUT2D eigenvalue weighted by Gasteiger charge is -2.37. The van der Waals surface area contributed by atoms with Crippen LogP contribution < -0.4 is 4.90 Å². The molecule has 0 N–H and O–H groups in total. The number of amides is 1. The zero-order chi connectivity index (χ0) is 18.2. The molecule has 0 saturated carbocycles. The summed E-state index contributed by atoms with van der Waals surface area (Å²) in [7, 11) is 0. The minimum Gasteiger partial charge on any atom is -0.444 e. The Morgan fingerprint density at radius 1 is 1.28 bits per heavy atom. The molecule has 3 rings (SSSR count). The van der Waals surface area contributed by atoms with Crippen LogP contribution in [0.25, 0.3) is 0 Å². The average Bonchev–Trinajstić information content (AvgIpc) is 2.52. The third-order valence-electron chi connectivity index (χ3n) is 4.45. The molecule has 7 nitrogen and oxygen atoms in total. The van der Waals surface area contributed by atoms with Gasteiger partial charge < -0.3 is 19.3 Å². The summed E-state index contributed by atoms with van der Waals surface area (Å²) in [4.78, 5) is 25.7. The van der Waals surface area contributed by atoms with Gasteiger partial charge >= 0.3 is 6.09 Å². The summed E-state index contributed by atoms with van der Waals surface area (Å²) in [5, 5.41) is 0. The van der Waals surface area contributed by atoms with Crippen LogP contribution in [-0.4, -0.2) is 58.9 Å². The number of hydrogen-bond donors (Lipinski definition) is 0. The predicted octanol–water partition coefficient (Wildman–Crippen LogP) is 2.30. The second-order valence-electron chi connectivity index (χ2n) is 7.79. The standard InChI is InChI=1S/C18H28N4O3/c1-12-11-24-9-8-22(12)16-14-6-7-21(17(23)25-18(3,4)5)10-15(14)19-13(2)20-16/h12H,6-11H2,1-5H3/t12-/m0/s1. The number of morpholine rings is 1. The Balaban J connectivity index is 1.85. The summed E-state index contributed by atoms with van der Waals surface area (Å²) in [6.45, 7) is 13.1. The first-order valence-electron chi connectivity index (χ1n) is 8.93. The highest BCUT2D eigenvalue weighted by atomic mass is 16.6. The van der Waals surface area contributed by atoms with E-state index in [0.717, 1.165) is 35.9 Å². The lowest BCUT2D eigenvalue weighted by atomic mass is 10.0. The number of carbonyl (C=O) groups is 1. The quantitative estimate of drug-likeness (QED) is 0.776. The molecule has 1 fully saturated rings. The van der Waals surface area contributed by atoms with E-state index >= 15 is 0 Å². The van der Waals surface area contributed by atoms with Crippen molar-refractivity contribution in [3.05, 3.63) is 17.1 Å². The first kappa shape index (κ1) is 17.9. The van der Waals surface area contributed by atoms with Gasteiger partial charge in [0.05, 0.1) is 31.5 Å². The highest BCUT2D eigenvalue weighted by Crippen LogP contribution is 2.29. The third-order valence-corrected chi connectivity index (χ3v) is 4.45. The molecule has 0 aliphatic carbocycles. The van der Waals surface area contributed by atoms with Gasteiger partial charge in [-0.05, 0) is 41.0 Å². The van der Waals surface area contributed by atoms with Crippen LogP contribution in [0.4, 0.5) is 10.6 Å². The highest BCUT2D eigenvalue weighted by Gasteiger charge is 2.31. The Bertz CT molecular complexity index is 656. The van der Waals surface area contributed by atoms with Crippen molar-refractivity contribution in [1.82, 2.24) is 14.9 Å². The van der Waals surface area contributed by atoms with Crippen molar-refractivity contribution in [3.63, 3.8) is 0 Å². The van der Waals surface area contributed by atoms with Crippen LogP contribution in [0.15, 0.2) is 0 Å². The first-order chi connectivity index (χ1) is 11.7. The molecule has 7 heteroatoms. The maximum Gasteiger partial charge on any atom is 0.410 e. The molecular weight excluding hydrogens is 320 g/mol. The number of aromatic nitrogens is 2. The highest BCUT2D eigenvalue weighted by molar-refractivity contribution is 5.69. The van der Waals surface area contributed by atoms with E-state index in [1.807, 2.05) is 27.7 Å². The van der Waals surface area contributed by atoms with Gasteiger partial charge in [0.1, 0.15) is 17.2 Å². The summed E-state index contributed by atoms with van der Waals surface area (Å²) in [6, 6.07) is 0.288. The average molecular weight is 348 g/mol. The summed E-state index contributed by atoms with van der Waals surface area (Å²) in [6.07, 6.45) is 0.463. The lowest BCUT2D eigenvalue weighted by molar-refractivity contribution is 0.0220. The molecule has 0 spiro atoms. The smallest absolute Gasteiger partial charge is 0.410 e. The number of aryl methyl sites for hydroxylation is 1. The molecule has 3 heterocycles. The van der Waals surface area contributed by atoms with Gasteiger partial charge in [0.2, 0.25) is 0 Å². The third kappa shape index (κ3) is 4.03. The number of nitrogens with zero attached hydrogens (tertiary/aromatic N) is 4. The molecule has 0 aromatic carbocycles. The number of fused-ring (bicyclic) bond motifs is 1. The van der Waals surface area contributed by atoms with Gasteiger partial charge in [0.15, 0.2) is 0 Å². The van der Waals surface area contributed by atoms with Gasteiger partial charge in [0, 0.05) is 18.7 Å². The van der Waals surface area contributed by atoms with Gasteiger partial charge in [-0.25, -0.2) is 14.8 Å². The fourth-order valence-electron chi connectivity index (χ4n) is 3.29. The van der Waals surface area contributed by atoms with Crippen LogP contribution >= 0.6 is 0 Å². The minimum atomic E-state index is -0.493. The van der Waals surface area contributed by atoms with Crippen molar-refractivity contribution in [3.8, 4) is 0 Å². The van der Waals surface area contributed by atoms with Crippen LogP contribution in [0, 0.1) is 6.92 Å². The van der Waals surface area contributed by atoms with Crippen molar-refractivity contribution in [2.75, 3.05) is 31.2 Å². The van der Waals surface area contributed by atoms with Crippen molar-refractivity contribution < 1.29 is 14.3 Å². The normalized spacial score (nSPS) is 21.1. The zero-order valence-corrected chi connectivity index (χ0v) is 15.8. The summed E-state index contributed by atoms with van der Waals surface area (Å²) < 4.78 is 11.1. The van der Waals surface area contributed by atoms with Crippen LogP contribution in [0.1, 0.15) is 44.8 Å². The van der Waals surface area contributed by atoms with E-state index in [9.17, 15) is 4.79 Å². The number of rotatable bonds is 1. The van der Waals surface area contributed by atoms with Crippen molar-refractivity contribution in [1.29, 1.82) is 0 Å². The second-order valence-corrected chi connectivity index (χ2v) is 7.79. The molecule has 1 atom stereocenters. The van der Waals surface area contributed by atoms with Gasteiger partial charge in [-0.1, -0.05) is 0 Å². The summed E-state index contributed by atoms with van der Waals surface area (Å²) in [5.74, 6) is 1.74. The van der Waals surface area contributed by atoms with E-state index in [-0.39, 0.29) is 12.1 Å². The number of anilines is 1. The van der Waals surface area contributed by atoms with E-state index in [1.165, 1.54) is 0 Å². The molecular formula is C18H28N4O3. The van der Waals surface area contributed by atoms with Crippen LogP contribution in [0.2, 0.25) is 0 Å². The van der Waals surface area contributed by atoms with Gasteiger partial charge in [-0.2, -0.15) is 0 Å². The van der Waals surface area contributed by atoms with Crippen LogP contribution in [-0.2, 0) is 22.4 Å². The zero-order valence-electron chi connectivity index (χ0n) is 15.8. The van der Waals surface area contributed by atoms with Crippen molar-refractivity contribution in [2.24, 2.45) is 0 Å². The fourth-order valence-corrected chi connectivity index (χ4v) is 3.29. The molecule has 0 bridgehead atoms. The minimum absolute atomic E-state index is 0.282. The lowest BCUT2D eigenvalue weighted by Crippen LogP contribution is -2.46. The monoisotopic (exact) mass is 348 g/mol. The van der Waals surface area contributed by atoms with Gasteiger partial charge in [-0.3, -0.25) is 0 Å². The number of carbonyl (C=O) groups excluding carboxylic acids is 1. The van der Waals surface area contributed by atoms with Gasteiger partial charge in [-0.15, -0.1) is 0 Å². The summed E-state index contributed by atoms with van der Waals surface area (Å²) in [5.41, 5.74) is 1.59. The van der Waals surface area contributed by atoms with Crippen LogP contribution in [0.5, 0.6) is 0 Å². The number of hydrogen-bond acceptors (Lipinski definition) is 6. The summed E-state index contributed by atoms with van der Waals surface area (Å²) >= 11 is 0. The largest absolute Gasteiger partial charge is 0.444 e. The maximum absolute atomic E-state index is 12.4. The maximum atomic E-state index is 12.4. The molecule has 2 aliphatic rings. The van der Waals surface area contributed by atoms with Crippen molar-refractivity contribution in [2.45, 2.75) is 59.2 Å². The topological polar surface area (TPSA) is 67.8 Å². The Hall–Kier alpha value is -1.89. The van der Waals surface area contributed by atoms with Crippen molar-refractivity contribution >= 4 is 11.9 Å². The van der Waals surface area contributed by atoms with Crippen LogP contribution in [0.3, 0.4) is 0 Å². The molecule has 25 heavy (non-hydrogen) atoms. The van der Waals surface area contributed by atoms with E-state index in [4.69, 9.17) is 14.5 Å². The Morgan fingerprint density at radius 2 is 2.04 bits per heavy atom. The first-order valence-corrected chi connectivity index (χ1v) is 8.93. The fraction of sp³-hybridized carbons (Fsp3) is 0.722. The SMILES string of the molecule is Cc1nc2c(c(N3CCOC[C@@H]3C)n1)CCN(C(=O)OC(C)(C)C)C2. The molecule has 1 saturated heterocycles. The van der Waals surface area contributed by atoms with E-state index in [0.29, 0.717) is 26.3 Å². The molecule has 1 aromatic rings. The Morgan fingerprint density at radius 3 is 2.72 bits per heavy atom. The van der Waals surface area contributed by atoms with E-state index in [2.05, 4.69) is 16.8 Å². The molecule has 0 unspecified atom stereocenters.